The third kappa shape index (κ3) is 2.57. The summed E-state index contributed by atoms with van der Waals surface area (Å²) in [5, 5.41) is 0.248. The van der Waals surface area contributed by atoms with Crippen LogP contribution in [0.2, 0.25) is 5.28 Å². The SMILES string of the molecule is Clc1ncc(-c2ccc3nc4n(c3c2)[C@@H](c2ccccc2)COC4)cn1. The van der Waals surface area contributed by atoms with Crippen molar-refractivity contribution < 1.29 is 4.74 Å². The van der Waals surface area contributed by atoms with Gasteiger partial charge in [-0.15, -0.1) is 0 Å². The highest BCUT2D eigenvalue weighted by molar-refractivity contribution is 6.28. The molecule has 1 aliphatic rings. The largest absolute Gasteiger partial charge is 0.371 e. The molecule has 0 N–H and O–H groups in total. The predicted octanol–water partition coefficient (Wildman–Crippen LogP) is 4.27. The quantitative estimate of drug-likeness (QED) is 0.500. The Bertz CT molecular complexity index is 1080. The molecule has 0 amide bonds. The molecular formula is C20H15ClN4O. The average molecular weight is 363 g/mol. The second-order valence-corrected chi connectivity index (χ2v) is 6.62. The molecule has 5 rings (SSSR count). The molecule has 26 heavy (non-hydrogen) atoms. The highest BCUT2D eigenvalue weighted by atomic mass is 35.5. The minimum absolute atomic E-state index is 0.113. The van der Waals surface area contributed by atoms with Crippen LogP contribution in [0.5, 0.6) is 0 Å². The molecule has 0 radical (unpaired) electrons. The summed E-state index contributed by atoms with van der Waals surface area (Å²) in [6, 6.07) is 16.7. The maximum absolute atomic E-state index is 5.81. The fourth-order valence-corrected chi connectivity index (χ4v) is 3.59. The first-order chi connectivity index (χ1) is 12.8. The molecule has 1 aliphatic heterocycles. The van der Waals surface area contributed by atoms with Gasteiger partial charge in [0.2, 0.25) is 5.28 Å². The zero-order valence-corrected chi connectivity index (χ0v) is 14.6. The lowest BCUT2D eigenvalue weighted by atomic mass is 10.1. The third-order valence-electron chi connectivity index (χ3n) is 4.72. The Morgan fingerprint density at radius 2 is 1.81 bits per heavy atom. The molecule has 2 aromatic heterocycles. The summed E-state index contributed by atoms with van der Waals surface area (Å²) in [7, 11) is 0. The Balaban J connectivity index is 1.68. The Morgan fingerprint density at radius 3 is 2.62 bits per heavy atom. The van der Waals surface area contributed by atoms with Crippen molar-refractivity contribution in [2.24, 2.45) is 0 Å². The fourth-order valence-electron chi connectivity index (χ4n) is 3.49. The van der Waals surface area contributed by atoms with Crippen LogP contribution in [0.25, 0.3) is 22.2 Å². The lowest BCUT2D eigenvalue weighted by molar-refractivity contribution is 0.0679. The Morgan fingerprint density at radius 1 is 1.00 bits per heavy atom. The van der Waals surface area contributed by atoms with Gasteiger partial charge in [-0.05, 0) is 34.9 Å². The predicted molar refractivity (Wildman–Crippen MR) is 100 cm³/mol. The fraction of sp³-hybridized carbons (Fsp3) is 0.150. The van der Waals surface area contributed by atoms with E-state index in [1.807, 2.05) is 18.2 Å². The second kappa shape index (κ2) is 6.20. The van der Waals surface area contributed by atoms with Crippen LogP contribution < -0.4 is 0 Å². The summed E-state index contributed by atoms with van der Waals surface area (Å²) in [5.74, 6) is 0.949. The summed E-state index contributed by atoms with van der Waals surface area (Å²) in [6.07, 6.45) is 3.48. The van der Waals surface area contributed by atoms with Crippen molar-refractivity contribution in [1.29, 1.82) is 0 Å². The number of nitrogens with zero attached hydrogens (tertiary/aromatic N) is 4. The van der Waals surface area contributed by atoms with Crippen LogP contribution in [0.4, 0.5) is 0 Å². The van der Waals surface area contributed by atoms with E-state index < -0.39 is 0 Å². The second-order valence-electron chi connectivity index (χ2n) is 6.28. The highest BCUT2D eigenvalue weighted by Gasteiger charge is 2.25. The van der Waals surface area contributed by atoms with Gasteiger partial charge in [-0.2, -0.15) is 0 Å². The average Bonchev–Trinajstić information content (AvgIpc) is 3.07. The number of rotatable bonds is 2. The van der Waals surface area contributed by atoms with Gasteiger partial charge in [-0.1, -0.05) is 36.4 Å². The van der Waals surface area contributed by atoms with Crippen LogP contribution in [0.3, 0.4) is 0 Å². The molecule has 0 aliphatic carbocycles. The van der Waals surface area contributed by atoms with E-state index in [1.165, 1.54) is 5.56 Å². The topological polar surface area (TPSA) is 52.8 Å². The molecule has 0 bridgehead atoms. The molecule has 4 aromatic rings. The lowest BCUT2D eigenvalue weighted by Crippen LogP contribution is -2.24. The number of aromatic nitrogens is 4. The number of hydrogen-bond acceptors (Lipinski definition) is 4. The van der Waals surface area contributed by atoms with Crippen molar-refractivity contribution in [1.82, 2.24) is 19.5 Å². The molecule has 2 aromatic carbocycles. The normalized spacial score (nSPS) is 16.6. The number of halogens is 1. The third-order valence-corrected chi connectivity index (χ3v) is 4.91. The van der Waals surface area contributed by atoms with Crippen molar-refractivity contribution in [3.63, 3.8) is 0 Å². The molecular weight excluding hydrogens is 348 g/mol. The molecule has 0 spiro atoms. The van der Waals surface area contributed by atoms with E-state index in [2.05, 4.69) is 44.9 Å². The molecule has 6 heteroatoms. The van der Waals surface area contributed by atoms with Gasteiger partial charge < -0.3 is 9.30 Å². The number of fused-ring (bicyclic) bond motifs is 3. The first-order valence-corrected chi connectivity index (χ1v) is 8.79. The maximum Gasteiger partial charge on any atom is 0.222 e. The zero-order chi connectivity index (χ0) is 17.5. The van der Waals surface area contributed by atoms with Crippen molar-refractivity contribution in [3.05, 3.63) is 77.6 Å². The van der Waals surface area contributed by atoms with Crippen LogP contribution in [0, 0.1) is 0 Å². The van der Waals surface area contributed by atoms with Gasteiger partial charge in [0.1, 0.15) is 12.4 Å². The number of benzene rings is 2. The molecule has 128 valence electrons. The number of hydrogen-bond donors (Lipinski definition) is 0. The van der Waals surface area contributed by atoms with E-state index in [-0.39, 0.29) is 11.3 Å². The van der Waals surface area contributed by atoms with Gasteiger partial charge >= 0.3 is 0 Å². The molecule has 0 fully saturated rings. The van der Waals surface area contributed by atoms with Crippen molar-refractivity contribution in [3.8, 4) is 11.1 Å². The summed E-state index contributed by atoms with van der Waals surface area (Å²) in [5.41, 5.74) is 5.23. The van der Waals surface area contributed by atoms with Gasteiger partial charge in [0, 0.05) is 18.0 Å². The van der Waals surface area contributed by atoms with Crippen LogP contribution in [0.15, 0.2) is 60.9 Å². The van der Waals surface area contributed by atoms with Crippen molar-refractivity contribution in [2.75, 3.05) is 6.61 Å². The highest BCUT2D eigenvalue weighted by Crippen LogP contribution is 2.32. The summed E-state index contributed by atoms with van der Waals surface area (Å²) < 4.78 is 8.09. The summed E-state index contributed by atoms with van der Waals surface area (Å²) in [6.45, 7) is 1.16. The lowest BCUT2D eigenvalue weighted by Gasteiger charge is -2.26. The molecule has 3 heterocycles. The number of ether oxygens (including phenoxy) is 1. The van der Waals surface area contributed by atoms with Gasteiger partial charge in [0.05, 0.1) is 23.7 Å². The van der Waals surface area contributed by atoms with Crippen molar-refractivity contribution in [2.45, 2.75) is 12.6 Å². The molecule has 0 saturated carbocycles. The maximum atomic E-state index is 5.81. The van der Waals surface area contributed by atoms with Crippen LogP contribution in [-0.4, -0.2) is 26.1 Å². The summed E-state index contributed by atoms with van der Waals surface area (Å²) >= 11 is 5.81. The van der Waals surface area contributed by atoms with Gasteiger partial charge in [-0.25, -0.2) is 15.0 Å². The van der Waals surface area contributed by atoms with E-state index in [0.29, 0.717) is 13.2 Å². The smallest absolute Gasteiger partial charge is 0.222 e. The van der Waals surface area contributed by atoms with Crippen LogP contribution in [0.1, 0.15) is 17.4 Å². The van der Waals surface area contributed by atoms with Crippen LogP contribution in [-0.2, 0) is 11.3 Å². The first kappa shape index (κ1) is 15.5. The van der Waals surface area contributed by atoms with Gasteiger partial charge in [-0.3, -0.25) is 0 Å². The molecule has 0 unspecified atom stereocenters. The number of imidazole rings is 1. The van der Waals surface area contributed by atoms with E-state index in [1.54, 1.807) is 12.4 Å². The van der Waals surface area contributed by atoms with E-state index in [4.69, 9.17) is 21.3 Å². The van der Waals surface area contributed by atoms with Crippen molar-refractivity contribution >= 4 is 22.6 Å². The Hall–Kier alpha value is -2.76. The van der Waals surface area contributed by atoms with E-state index in [0.717, 1.165) is 28.0 Å². The molecule has 5 nitrogen and oxygen atoms in total. The van der Waals surface area contributed by atoms with Gasteiger partial charge in [0.25, 0.3) is 0 Å². The van der Waals surface area contributed by atoms with E-state index in [9.17, 15) is 0 Å². The van der Waals surface area contributed by atoms with Crippen LogP contribution >= 0.6 is 11.6 Å². The molecule has 1 atom stereocenters. The minimum Gasteiger partial charge on any atom is -0.371 e. The first-order valence-electron chi connectivity index (χ1n) is 8.41. The minimum atomic E-state index is 0.113. The Kier molecular flexibility index (Phi) is 3.69. The Labute approximate surface area is 155 Å². The standard InChI is InChI=1S/C20H15ClN4O/c21-20-22-9-15(10-23-20)14-6-7-16-17(8-14)25-18(11-26-12-19(25)24-16)13-4-2-1-3-5-13/h1-10,18H,11-12H2/t18-/m1/s1. The molecule has 0 saturated heterocycles. The van der Waals surface area contributed by atoms with E-state index >= 15 is 0 Å². The summed E-state index contributed by atoms with van der Waals surface area (Å²) in [4.78, 5) is 12.9. The zero-order valence-electron chi connectivity index (χ0n) is 13.8. The monoisotopic (exact) mass is 362 g/mol. The van der Waals surface area contributed by atoms with Gasteiger partial charge in [0.15, 0.2) is 0 Å².